The number of carbonyl (C=O) groups excluding carboxylic acids is 2. The number of fused-ring (bicyclic) bond motifs is 1. The van der Waals surface area contributed by atoms with Gasteiger partial charge in [0.05, 0.1) is 77.2 Å². The molecule has 0 aliphatic carbocycles. The molecule has 15 heteroatoms. The van der Waals surface area contributed by atoms with Crippen molar-refractivity contribution in [3.8, 4) is 10.4 Å². The number of morpholine rings is 1. The van der Waals surface area contributed by atoms with Gasteiger partial charge >= 0.3 is 0 Å². The number of hydrogen-bond acceptors (Lipinski definition) is 10. The summed E-state index contributed by atoms with van der Waals surface area (Å²) in [7, 11) is -3.10. The fourth-order valence-corrected chi connectivity index (χ4v) is 6.23. The van der Waals surface area contributed by atoms with E-state index in [1.165, 1.54) is 23.8 Å². The molecule has 0 bridgehead atoms. The Morgan fingerprint density at radius 3 is 2.59 bits per heavy atom. The standard InChI is InChI=1S/C26H32N8O5S2/c1-16-11-32(12-17(2)39-16)15-24(35)30-20-7-22(18(3)27-9-20)31-25(36)21-10-29-34-14-23(40-26(21)34)19-8-28-33(13-19)5-6-41(4,37)38/h7-10,13-14,16-17H,5-6,11-12,15H2,1-4H3,(H,30,35)(H,31,36)/t16-,17-/m0/s1. The number of sulfone groups is 1. The van der Waals surface area contributed by atoms with Crippen molar-refractivity contribution in [2.24, 2.45) is 0 Å². The van der Waals surface area contributed by atoms with E-state index in [2.05, 4.69) is 30.7 Å². The summed E-state index contributed by atoms with van der Waals surface area (Å²) in [6.07, 6.45) is 9.60. The van der Waals surface area contributed by atoms with Crippen LogP contribution in [0.4, 0.5) is 11.4 Å². The van der Waals surface area contributed by atoms with E-state index in [4.69, 9.17) is 4.74 Å². The predicted octanol–water partition coefficient (Wildman–Crippen LogP) is 2.31. The van der Waals surface area contributed by atoms with Crippen LogP contribution in [-0.2, 0) is 25.9 Å². The second kappa shape index (κ2) is 11.7. The van der Waals surface area contributed by atoms with Crippen LogP contribution < -0.4 is 10.6 Å². The SMILES string of the molecule is Cc1ncc(NC(=O)CN2C[C@H](C)O[C@@H](C)C2)cc1NC(=O)c1cnn2cc(-c3cnn(CCS(C)(=O)=O)c3)sc12. The normalized spacial score (nSPS) is 18.0. The van der Waals surface area contributed by atoms with Crippen molar-refractivity contribution in [1.29, 1.82) is 0 Å². The van der Waals surface area contributed by atoms with E-state index in [9.17, 15) is 18.0 Å². The van der Waals surface area contributed by atoms with Crippen molar-refractivity contribution < 1.29 is 22.7 Å². The van der Waals surface area contributed by atoms with E-state index in [1.807, 2.05) is 13.8 Å². The molecule has 1 fully saturated rings. The third-order valence-electron chi connectivity index (χ3n) is 6.53. The van der Waals surface area contributed by atoms with E-state index in [0.717, 1.165) is 10.4 Å². The van der Waals surface area contributed by atoms with Gasteiger partial charge in [-0.1, -0.05) is 0 Å². The van der Waals surface area contributed by atoms with Crippen LogP contribution in [0.5, 0.6) is 0 Å². The van der Waals surface area contributed by atoms with E-state index >= 15 is 0 Å². The Morgan fingerprint density at radius 1 is 1.10 bits per heavy atom. The summed E-state index contributed by atoms with van der Waals surface area (Å²) in [4.78, 5) is 33.8. The monoisotopic (exact) mass is 600 g/mol. The first-order valence-corrected chi connectivity index (χ1v) is 15.9. The molecule has 1 aliphatic rings. The highest BCUT2D eigenvalue weighted by Crippen LogP contribution is 2.31. The summed E-state index contributed by atoms with van der Waals surface area (Å²) in [6.45, 7) is 7.61. The van der Waals surface area contributed by atoms with Crippen LogP contribution in [0.3, 0.4) is 0 Å². The van der Waals surface area contributed by atoms with Crippen molar-refractivity contribution in [2.75, 3.05) is 42.3 Å². The van der Waals surface area contributed by atoms with E-state index < -0.39 is 9.84 Å². The van der Waals surface area contributed by atoms with Gasteiger partial charge in [-0.3, -0.25) is 24.2 Å². The Kier molecular flexibility index (Phi) is 8.22. The topological polar surface area (TPSA) is 153 Å². The van der Waals surface area contributed by atoms with Gasteiger partial charge in [-0.15, -0.1) is 11.3 Å². The molecule has 2 N–H and O–H groups in total. The molecule has 0 aromatic carbocycles. The van der Waals surface area contributed by atoms with E-state index in [-0.39, 0.29) is 42.9 Å². The Hall–Kier alpha value is -3.66. The molecular formula is C26H32N8O5S2. The number of thiazole rings is 1. The summed E-state index contributed by atoms with van der Waals surface area (Å²) >= 11 is 1.37. The molecule has 2 amide bonds. The van der Waals surface area contributed by atoms with Crippen LogP contribution in [0.2, 0.25) is 0 Å². The number of pyridine rings is 1. The van der Waals surface area contributed by atoms with Crippen LogP contribution in [0, 0.1) is 6.92 Å². The highest BCUT2D eigenvalue weighted by atomic mass is 32.2. The molecule has 5 heterocycles. The second-order valence-corrected chi connectivity index (χ2v) is 13.6. The van der Waals surface area contributed by atoms with Gasteiger partial charge in [0, 0.05) is 37.3 Å². The smallest absolute Gasteiger partial charge is 0.260 e. The first kappa shape index (κ1) is 28.9. The van der Waals surface area contributed by atoms with Crippen molar-refractivity contribution in [2.45, 2.75) is 39.5 Å². The summed E-state index contributed by atoms with van der Waals surface area (Å²) in [6, 6.07) is 1.69. The van der Waals surface area contributed by atoms with Gasteiger partial charge < -0.3 is 15.4 Å². The number of rotatable bonds is 9. The van der Waals surface area contributed by atoms with E-state index in [0.29, 0.717) is 40.6 Å². The second-order valence-electron chi connectivity index (χ2n) is 10.3. The van der Waals surface area contributed by atoms with Gasteiger partial charge in [-0.25, -0.2) is 12.9 Å². The molecule has 1 saturated heterocycles. The number of amides is 2. The first-order chi connectivity index (χ1) is 19.4. The van der Waals surface area contributed by atoms with Crippen LogP contribution in [-0.4, -0.2) is 93.4 Å². The fourth-order valence-electron chi connectivity index (χ4n) is 4.68. The highest BCUT2D eigenvalue weighted by Gasteiger charge is 2.24. The average molecular weight is 601 g/mol. The zero-order chi connectivity index (χ0) is 29.3. The van der Waals surface area contributed by atoms with Crippen LogP contribution in [0.1, 0.15) is 29.9 Å². The first-order valence-electron chi connectivity index (χ1n) is 13.1. The van der Waals surface area contributed by atoms with Crippen LogP contribution in [0.15, 0.2) is 37.1 Å². The molecule has 5 rings (SSSR count). The van der Waals surface area contributed by atoms with Crippen LogP contribution >= 0.6 is 11.3 Å². The maximum atomic E-state index is 13.3. The number of ether oxygens (including phenoxy) is 1. The quantitative estimate of drug-likeness (QED) is 0.295. The summed E-state index contributed by atoms with van der Waals surface area (Å²) in [5, 5.41) is 14.3. The number of carbonyl (C=O) groups is 2. The number of anilines is 2. The van der Waals surface area contributed by atoms with Crippen molar-refractivity contribution in [3.05, 3.63) is 48.3 Å². The predicted molar refractivity (Wildman–Crippen MR) is 156 cm³/mol. The highest BCUT2D eigenvalue weighted by molar-refractivity contribution is 7.90. The Balaban J connectivity index is 1.26. The largest absolute Gasteiger partial charge is 0.373 e. The number of nitrogens with zero attached hydrogens (tertiary/aromatic N) is 6. The lowest BCUT2D eigenvalue weighted by Crippen LogP contribution is -2.48. The van der Waals surface area contributed by atoms with Crippen molar-refractivity contribution in [1.82, 2.24) is 29.3 Å². The van der Waals surface area contributed by atoms with Gasteiger partial charge in [0.2, 0.25) is 5.91 Å². The molecule has 2 atom stereocenters. The number of aromatic nitrogens is 5. The Bertz CT molecular complexity index is 1680. The maximum absolute atomic E-state index is 13.3. The fraction of sp³-hybridized carbons (Fsp3) is 0.423. The maximum Gasteiger partial charge on any atom is 0.260 e. The molecule has 218 valence electrons. The van der Waals surface area contributed by atoms with Crippen molar-refractivity contribution in [3.63, 3.8) is 0 Å². The lowest BCUT2D eigenvalue weighted by molar-refractivity contribution is -0.121. The minimum Gasteiger partial charge on any atom is -0.373 e. The van der Waals surface area contributed by atoms with Gasteiger partial charge in [-0.2, -0.15) is 10.2 Å². The van der Waals surface area contributed by atoms with Gasteiger partial charge in [0.25, 0.3) is 5.91 Å². The Labute approximate surface area is 241 Å². The third-order valence-corrected chi connectivity index (χ3v) is 8.62. The molecule has 4 aromatic heterocycles. The zero-order valence-corrected chi connectivity index (χ0v) is 24.8. The molecule has 4 aromatic rings. The minimum absolute atomic E-state index is 0.00220. The summed E-state index contributed by atoms with van der Waals surface area (Å²) in [5.41, 5.74) is 2.74. The number of hydrogen-bond donors (Lipinski definition) is 2. The molecule has 41 heavy (non-hydrogen) atoms. The van der Waals surface area contributed by atoms with Gasteiger partial charge in [-0.05, 0) is 26.8 Å². The van der Waals surface area contributed by atoms with Crippen LogP contribution in [0.25, 0.3) is 15.3 Å². The van der Waals surface area contributed by atoms with Crippen molar-refractivity contribution >= 4 is 49.2 Å². The zero-order valence-electron chi connectivity index (χ0n) is 23.2. The minimum atomic E-state index is -3.10. The van der Waals surface area contributed by atoms with Gasteiger partial charge in [0.1, 0.15) is 14.7 Å². The lowest BCUT2D eigenvalue weighted by atomic mass is 10.2. The number of aryl methyl sites for hydroxylation is 2. The van der Waals surface area contributed by atoms with Gasteiger partial charge in [0.15, 0.2) is 0 Å². The summed E-state index contributed by atoms with van der Waals surface area (Å²) in [5.74, 6) is -0.530. The number of nitrogens with one attached hydrogen (secondary N) is 2. The van der Waals surface area contributed by atoms with E-state index in [1.54, 1.807) is 47.0 Å². The lowest BCUT2D eigenvalue weighted by Gasteiger charge is -2.34. The molecule has 1 aliphatic heterocycles. The molecule has 13 nitrogen and oxygen atoms in total. The summed E-state index contributed by atoms with van der Waals surface area (Å²) < 4.78 is 31.9. The molecular weight excluding hydrogens is 568 g/mol. The molecule has 0 unspecified atom stereocenters. The molecule has 0 spiro atoms. The molecule has 0 saturated carbocycles. The Morgan fingerprint density at radius 2 is 1.85 bits per heavy atom. The third kappa shape index (κ3) is 7.16. The molecule has 0 radical (unpaired) electrons. The average Bonchev–Trinajstić information content (AvgIpc) is 3.59.